The molecule has 0 bridgehead atoms. The molecule has 2 heteroatoms. The van der Waals surface area contributed by atoms with Gasteiger partial charge in [0.05, 0.1) is 0 Å². The molecule has 0 aromatic rings. The van der Waals surface area contributed by atoms with Crippen LogP contribution in [-0.2, 0) is 9.59 Å². The van der Waals surface area contributed by atoms with E-state index in [1.165, 1.54) is 0 Å². The lowest BCUT2D eigenvalue weighted by Crippen LogP contribution is -2.39. The third kappa shape index (κ3) is 1.08. The highest BCUT2D eigenvalue weighted by Gasteiger charge is 2.54. The van der Waals surface area contributed by atoms with E-state index in [-0.39, 0.29) is 29.3 Å². The summed E-state index contributed by atoms with van der Waals surface area (Å²) in [5.74, 6) is 1.16. The van der Waals surface area contributed by atoms with E-state index in [1.807, 2.05) is 6.08 Å². The van der Waals surface area contributed by atoms with Crippen molar-refractivity contribution in [3.8, 4) is 0 Å². The predicted molar refractivity (Wildman–Crippen MR) is 49.1 cm³/mol. The summed E-state index contributed by atoms with van der Waals surface area (Å²) in [6.45, 7) is 5.33. The second-order valence-corrected chi connectivity index (χ2v) is 4.23. The lowest BCUT2D eigenvalue weighted by atomic mass is 9.70. The van der Waals surface area contributed by atoms with Gasteiger partial charge in [-0.1, -0.05) is 6.08 Å². The van der Waals surface area contributed by atoms with Crippen molar-refractivity contribution in [2.45, 2.75) is 19.8 Å². The predicted octanol–water partition coefficient (Wildman–Crippen LogP) is 1.60. The second kappa shape index (κ2) is 2.79. The summed E-state index contributed by atoms with van der Waals surface area (Å²) < 4.78 is 0. The molecule has 2 fully saturated rings. The summed E-state index contributed by atoms with van der Waals surface area (Å²) in [5.41, 5.74) is 0. The fraction of sp³-hybridized carbons (Fsp3) is 0.636. The van der Waals surface area contributed by atoms with E-state index in [1.54, 1.807) is 6.92 Å². The Kier molecular flexibility index (Phi) is 1.86. The molecule has 2 nitrogen and oxygen atoms in total. The van der Waals surface area contributed by atoms with Gasteiger partial charge in [-0.05, 0) is 25.2 Å². The summed E-state index contributed by atoms with van der Waals surface area (Å²) >= 11 is 0. The molecule has 0 aliphatic heterocycles. The summed E-state index contributed by atoms with van der Waals surface area (Å²) in [4.78, 5) is 22.7. The monoisotopic (exact) mass is 178 g/mol. The van der Waals surface area contributed by atoms with Crippen LogP contribution in [0.25, 0.3) is 0 Å². The number of allylic oxidation sites excluding steroid dienone is 1. The molecule has 0 amide bonds. The first kappa shape index (κ1) is 8.67. The zero-order valence-electron chi connectivity index (χ0n) is 7.82. The van der Waals surface area contributed by atoms with Crippen LogP contribution in [0.5, 0.6) is 0 Å². The molecule has 0 N–H and O–H groups in total. The topological polar surface area (TPSA) is 34.1 Å². The quantitative estimate of drug-likeness (QED) is 0.602. The number of Topliss-reactive ketones (excluding diaryl/α,β-unsaturated/α-hetero) is 2. The third-order valence-corrected chi connectivity index (χ3v) is 3.54. The molecular weight excluding hydrogens is 164 g/mol. The molecule has 0 heterocycles. The van der Waals surface area contributed by atoms with Gasteiger partial charge in [-0.3, -0.25) is 9.59 Å². The third-order valence-electron chi connectivity index (χ3n) is 3.54. The van der Waals surface area contributed by atoms with Gasteiger partial charge >= 0.3 is 0 Å². The highest BCUT2D eigenvalue weighted by molar-refractivity contribution is 5.94. The van der Waals surface area contributed by atoms with Crippen LogP contribution in [0.1, 0.15) is 19.8 Å². The van der Waals surface area contributed by atoms with Crippen molar-refractivity contribution in [2.24, 2.45) is 23.7 Å². The van der Waals surface area contributed by atoms with Crippen LogP contribution >= 0.6 is 0 Å². The maximum Gasteiger partial charge on any atom is 0.137 e. The minimum atomic E-state index is -0.0521. The van der Waals surface area contributed by atoms with Gasteiger partial charge in [0.25, 0.3) is 0 Å². The number of hydrogen-bond acceptors (Lipinski definition) is 2. The highest BCUT2D eigenvalue weighted by atomic mass is 16.1. The molecular formula is C11H14O2. The molecule has 0 saturated heterocycles. The van der Waals surface area contributed by atoms with Crippen molar-refractivity contribution in [2.75, 3.05) is 0 Å². The van der Waals surface area contributed by atoms with Gasteiger partial charge in [-0.2, -0.15) is 0 Å². The van der Waals surface area contributed by atoms with Crippen LogP contribution in [-0.4, -0.2) is 11.6 Å². The Labute approximate surface area is 78.0 Å². The maximum atomic E-state index is 11.4. The van der Waals surface area contributed by atoms with E-state index < -0.39 is 0 Å². The molecule has 2 rings (SSSR count). The van der Waals surface area contributed by atoms with Crippen molar-refractivity contribution in [3.63, 3.8) is 0 Å². The number of carbonyl (C=O) groups is 2. The number of rotatable bonds is 2. The van der Waals surface area contributed by atoms with Crippen LogP contribution in [0.3, 0.4) is 0 Å². The first-order valence-corrected chi connectivity index (χ1v) is 4.81. The van der Waals surface area contributed by atoms with Crippen molar-refractivity contribution in [1.29, 1.82) is 0 Å². The van der Waals surface area contributed by atoms with Crippen molar-refractivity contribution < 1.29 is 9.59 Å². The zero-order chi connectivity index (χ0) is 9.59. The Bertz CT molecular complexity index is 280. The van der Waals surface area contributed by atoms with Crippen LogP contribution in [0.4, 0.5) is 0 Å². The molecule has 4 atom stereocenters. The molecule has 2 aliphatic carbocycles. The maximum absolute atomic E-state index is 11.4. The average molecular weight is 178 g/mol. The summed E-state index contributed by atoms with van der Waals surface area (Å²) in [7, 11) is 0. The van der Waals surface area contributed by atoms with E-state index in [4.69, 9.17) is 0 Å². The van der Waals surface area contributed by atoms with E-state index in [9.17, 15) is 9.59 Å². The molecule has 0 radical (unpaired) electrons. The number of hydrogen-bond donors (Lipinski definition) is 0. The Morgan fingerprint density at radius 1 is 1.62 bits per heavy atom. The average Bonchev–Trinajstić information content (AvgIpc) is 2.37. The van der Waals surface area contributed by atoms with E-state index in [0.29, 0.717) is 12.3 Å². The van der Waals surface area contributed by atoms with Crippen LogP contribution < -0.4 is 0 Å². The smallest absolute Gasteiger partial charge is 0.137 e. The number of fused-ring (bicyclic) bond motifs is 1. The summed E-state index contributed by atoms with van der Waals surface area (Å²) in [6.07, 6.45) is 3.53. The van der Waals surface area contributed by atoms with Crippen molar-refractivity contribution in [1.82, 2.24) is 0 Å². The van der Waals surface area contributed by atoms with E-state index in [2.05, 4.69) is 6.58 Å². The molecule has 2 aliphatic rings. The van der Waals surface area contributed by atoms with E-state index in [0.717, 1.165) is 6.42 Å². The Morgan fingerprint density at radius 3 is 2.77 bits per heavy atom. The van der Waals surface area contributed by atoms with Gasteiger partial charge < -0.3 is 0 Å². The molecule has 13 heavy (non-hydrogen) atoms. The first-order chi connectivity index (χ1) is 6.15. The molecule has 0 spiro atoms. The first-order valence-electron chi connectivity index (χ1n) is 4.81. The zero-order valence-corrected chi connectivity index (χ0v) is 7.82. The van der Waals surface area contributed by atoms with Gasteiger partial charge in [0.2, 0.25) is 0 Å². The summed E-state index contributed by atoms with van der Waals surface area (Å²) in [6, 6.07) is 0. The van der Waals surface area contributed by atoms with Gasteiger partial charge in [0.15, 0.2) is 0 Å². The fourth-order valence-corrected chi connectivity index (χ4v) is 2.91. The van der Waals surface area contributed by atoms with Gasteiger partial charge in [-0.25, -0.2) is 0 Å². The number of ketones is 2. The Morgan fingerprint density at radius 2 is 2.31 bits per heavy atom. The minimum absolute atomic E-state index is 0.0421. The van der Waals surface area contributed by atoms with Crippen LogP contribution in [0, 0.1) is 23.7 Å². The lowest BCUT2D eigenvalue weighted by Gasteiger charge is -2.31. The van der Waals surface area contributed by atoms with Crippen molar-refractivity contribution in [3.05, 3.63) is 12.7 Å². The normalized spacial score (nSPS) is 42.4. The molecule has 0 aromatic heterocycles. The van der Waals surface area contributed by atoms with Gasteiger partial charge in [0.1, 0.15) is 11.6 Å². The SMILES string of the molecule is C=C[C@H]1C[C@H]2CC(=O)[C@H]2[C@H]1C(C)=O. The molecule has 2 saturated carbocycles. The van der Waals surface area contributed by atoms with Crippen LogP contribution in [0.2, 0.25) is 0 Å². The van der Waals surface area contributed by atoms with Crippen LogP contribution in [0.15, 0.2) is 12.7 Å². The second-order valence-electron chi connectivity index (χ2n) is 4.23. The fourth-order valence-electron chi connectivity index (χ4n) is 2.91. The van der Waals surface area contributed by atoms with E-state index >= 15 is 0 Å². The van der Waals surface area contributed by atoms with Gasteiger partial charge in [0, 0.05) is 18.3 Å². The standard InChI is InChI=1S/C11H14O2/c1-3-7-4-8-5-9(13)11(8)10(7)6(2)12/h3,7-8,10-11H,1,4-5H2,2H3/t7-,8-,10-,11-/m0/s1. The Hall–Kier alpha value is -0.920. The summed E-state index contributed by atoms with van der Waals surface area (Å²) in [5, 5.41) is 0. The molecule has 0 unspecified atom stereocenters. The van der Waals surface area contributed by atoms with Crippen molar-refractivity contribution >= 4 is 11.6 Å². The minimum Gasteiger partial charge on any atom is -0.300 e. The van der Waals surface area contributed by atoms with Gasteiger partial charge in [-0.15, -0.1) is 6.58 Å². The largest absolute Gasteiger partial charge is 0.300 e. The molecule has 70 valence electrons. The lowest BCUT2D eigenvalue weighted by molar-refractivity contribution is -0.139. The number of carbonyl (C=O) groups excluding carboxylic acids is 2. The highest BCUT2D eigenvalue weighted by Crippen LogP contribution is 2.51. The molecule has 0 aromatic carbocycles. The Balaban J connectivity index is 2.24.